The number of aromatic nitrogens is 3. The monoisotopic (exact) mass is 187 g/mol. The van der Waals surface area contributed by atoms with Crippen molar-refractivity contribution in [3.05, 3.63) is 42.5 Å². The van der Waals surface area contributed by atoms with E-state index in [1.54, 1.807) is 10.5 Å². The van der Waals surface area contributed by atoms with Gasteiger partial charge in [-0.2, -0.15) is 0 Å². The molecular formula is C10H6FN3. The lowest BCUT2D eigenvalue weighted by molar-refractivity contribution is 0.635. The molecule has 3 aromatic rings. The summed E-state index contributed by atoms with van der Waals surface area (Å²) >= 11 is 0. The van der Waals surface area contributed by atoms with E-state index in [0.29, 0.717) is 11.2 Å². The molecular weight excluding hydrogens is 181 g/mol. The minimum absolute atomic E-state index is 0.257. The number of hydrogen-bond acceptors (Lipinski definition) is 2. The first kappa shape index (κ1) is 7.44. The maximum absolute atomic E-state index is 13.5. The van der Waals surface area contributed by atoms with Gasteiger partial charge in [-0.05, 0) is 18.2 Å². The highest BCUT2D eigenvalue weighted by Gasteiger charge is 2.04. The van der Waals surface area contributed by atoms with Crippen molar-refractivity contribution in [1.29, 1.82) is 0 Å². The molecule has 0 fully saturated rings. The Balaban J connectivity index is 2.67. The average Bonchev–Trinajstić information content (AvgIpc) is 2.65. The van der Waals surface area contributed by atoms with Crippen molar-refractivity contribution in [3.8, 4) is 0 Å². The van der Waals surface area contributed by atoms with E-state index in [-0.39, 0.29) is 5.82 Å². The van der Waals surface area contributed by atoms with Gasteiger partial charge >= 0.3 is 0 Å². The van der Waals surface area contributed by atoms with E-state index < -0.39 is 0 Å². The molecule has 0 amide bonds. The second-order valence-corrected chi connectivity index (χ2v) is 3.07. The number of para-hydroxylation sites is 1. The van der Waals surface area contributed by atoms with Crippen LogP contribution in [0.3, 0.4) is 0 Å². The molecule has 1 aromatic carbocycles. The third-order valence-electron chi connectivity index (χ3n) is 2.24. The lowest BCUT2D eigenvalue weighted by atomic mass is 10.2. The molecule has 2 heterocycles. The fourth-order valence-electron chi connectivity index (χ4n) is 1.61. The SMILES string of the molecule is Fc1cccc2ccc3nncn3c12. The third-order valence-corrected chi connectivity index (χ3v) is 2.24. The van der Waals surface area contributed by atoms with Gasteiger partial charge in [-0.1, -0.05) is 12.1 Å². The van der Waals surface area contributed by atoms with Crippen molar-refractivity contribution in [2.75, 3.05) is 0 Å². The summed E-state index contributed by atoms with van der Waals surface area (Å²) in [6.07, 6.45) is 1.51. The molecule has 3 nitrogen and oxygen atoms in total. The van der Waals surface area contributed by atoms with Crippen LogP contribution in [0.4, 0.5) is 4.39 Å². The molecule has 14 heavy (non-hydrogen) atoms. The third kappa shape index (κ3) is 0.849. The molecule has 3 rings (SSSR count). The van der Waals surface area contributed by atoms with Crippen LogP contribution >= 0.6 is 0 Å². The number of fused-ring (bicyclic) bond motifs is 3. The average molecular weight is 187 g/mol. The van der Waals surface area contributed by atoms with Crippen molar-refractivity contribution in [3.63, 3.8) is 0 Å². The Morgan fingerprint density at radius 1 is 1.14 bits per heavy atom. The van der Waals surface area contributed by atoms with Crippen molar-refractivity contribution < 1.29 is 4.39 Å². The first-order valence-electron chi connectivity index (χ1n) is 4.23. The molecule has 0 saturated heterocycles. The zero-order valence-corrected chi connectivity index (χ0v) is 7.18. The predicted octanol–water partition coefficient (Wildman–Crippen LogP) is 2.02. The number of benzene rings is 1. The van der Waals surface area contributed by atoms with Crippen LogP contribution in [-0.4, -0.2) is 14.6 Å². The summed E-state index contributed by atoms with van der Waals surface area (Å²) in [4.78, 5) is 0. The summed E-state index contributed by atoms with van der Waals surface area (Å²) in [6.45, 7) is 0. The summed E-state index contributed by atoms with van der Waals surface area (Å²) in [5.74, 6) is -0.257. The lowest BCUT2D eigenvalue weighted by Crippen LogP contribution is -1.89. The highest BCUT2D eigenvalue weighted by atomic mass is 19.1. The molecule has 0 radical (unpaired) electrons. The molecule has 0 aliphatic heterocycles. The summed E-state index contributed by atoms with van der Waals surface area (Å²) in [5.41, 5.74) is 1.18. The molecule has 0 atom stereocenters. The Hall–Kier alpha value is -1.97. The summed E-state index contributed by atoms with van der Waals surface area (Å²) in [5, 5.41) is 8.44. The largest absolute Gasteiger partial charge is 0.279 e. The normalized spacial score (nSPS) is 11.2. The van der Waals surface area contributed by atoms with Gasteiger partial charge in [0.05, 0.1) is 5.52 Å². The number of halogens is 1. The second-order valence-electron chi connectivity index (χ2n) is 3.07. The van der Waals surface area contributed by atoms with Crippen LogP contribution in [-0.2, 0) is 0 Å². The van der Waals surface area contributed by atoms with Gasteiger partial charge in [0.25, 0.3) is 0 Å². The topological polar surface area (TPSA) is 30.2 Å². The predicted molar refractivity (Wildman–Crippen MR) is 50.5 cm³/mol. The maximum Gasteiger partial charge on any atom is 0.161 e. The van der Waals surface area contributed by atoms with Crippen LogP contribution in [0.2, 0.25) is 0 Å². The second kappa shape index (κ2) is 2.51. The molecule has 0 unspecified atom stereocenters. The summed E-state index contributed by atoms with van der Waals surface area (Å²) in [6, 6.07) is 8.63. The molecule has 0 aliphatic carbocycles. The molecule has 0 saturated carbocycles. The lowest BCUT2D eigenvalue weighted by Gasteiger charge is -2.01. The molecule has 68 valence electrons. The van der Waals surface area contributed by atoms with Crippen LogP contribution in [0.1, 0.15) is 0 Å². The van der Waals surface area contributed by atoms with E-state index >= 15 is 0 Å². The van der Waals surface area contributed by atoms with Crippen molar-refractivity contribution >= 4 is 16.6 Å². The Kier molecular flexibility index (Phi) is 1.33. The number of pyridine rings is 1. The highest BCUT2D eigenvalue weighted by molar-refractivity contribution is 5.82. The number of hydrogen-bond donors (Lipinski definition) is 0. The van der Waals surface area contributed by atoms with Crippen LogP contribution in [0.5, 0.6) is 0 Å². The van der Waals surface area contributed by atoms with E-state index in [4.69, 9.17) is 0 Å². The van der Waals surface area contributed by atoms with Crippen molar-refractivity contribution in [2.45, 2.75) is 0 Å². The molecule has 4 heteroatoms. The van der Waals surface area contributed by atoms with Gasteiger partial charge in [-0.25, -0.2) is 4.39 Å². The van der Waals surface area contributed by atoms with E-state index in [0.717, 1.165) is 5.39 Å². The highest BCUT2D eigenvalue weighted by Crippen LogP contribution is 2.18. The van der Waals surface area contributed by atoms with Gasteiger partial charge in [-0.3, -0.25) is 4.40 Å². The fourth-order valence-corrected chi connectivity index (χ4v) is 1.61. The Bertz CT molecular complexity index is 615. The van der Waals surface area contributed by atoms with Crippen molar-refractivity contribution in [1.82, 2.24) is 14.6 Å². The van der Waals surface area contributed by atoms with Gasteiger partial charge in [0.1, 0.15) is 12.1 Å². The van der Waals surface area contributed by atoms with Gasteiger partial charge in [-0.15, -0.1) is 10.2 Å². The molecule has 0 spiro atoms. The Morgan fingerprint density at radius 2 is 2.07 bits per heavy atom. The Labute approximate surface area is 78.8 Å². The summed E-state index contributed by atoms with van der Waals surface area (Å²) < 4.78 is 15.2. The summed E-state index contributed by atoms with van der Waals surface area (Å²) in [7, 11) is 0. The molecule has 0 aliphatic rings. The molecule has 0 N–H and O–H groups in total. The zero-order chi connectivity index (χ0) is 9.54. The number of nitrogens with zero attached hydrogens (tertiary/aromatic N) is 3. The van der Waals surface area contributed by atoms with Gasteiger partial charge in [0, 0.05) is 5.39 Å². The van der Waals surface area contributed by atoms with Gasteiger partial charge in [0.15, 0.2) is 5.65 Å². The first-order chi connectivity index (χ1) is 6.86. The van der Waals surface area contributed by atoms with Crippen LogP contribution in [0.15, 0.2) is 36.7 Å². The van der Waals surface area contributed by atoms with E-state index in [2.05, 4.69) is 10.2 Å². The van der Waals surface area contributed by atoms with Gasteiger partial charge < -0.3 is 0 Å². The zero-order valence-electron chi connectivity index (χ0n) is 7.18. The smallest absolute Gasteiger partial charge is 0.161 e. The molecule has 0 bridgehead atoms. The quantitative estimate of drug-likeness (QED) is 0.539. The van der Waals surface area contributed by atoms with Crippen molar-refractivity contribution in [2.24, 2.45) is 0 Å². The fraction of sp³-hybridized carbons (Fsp3) is 0. The van der Waals surface area contributed by atoms with E-state index in [1.807, 2.05) is 18.2 Å². The van der Waals surface area contributed by atoms with E-state index in [1.165, 1.54) is 12.4 Å². The van der Waals surface area contributed by atoms with Gasteiger partial charge in [0.2, 0.25) is 0 Å². The van der Waals surface area contributed by atoms with Crippen LogP contribution in [0, 0.1) is 5.82 Å². The first-order valence-corrected chi connectivity index (χ1v) is 4.23. The number of rotatable bonds is 0. The van der Waals surface area contributed by atoms with Crippen LogP contribution in [0.25, 0.3) is 16.6 Å². The Morgan fingerprint density at radius 3 is 3.00 bits per heavy atom. The molecule has 2 aromatic heterocycles. The standard InChI is InChI=1S/C10H6FN3/c11-8-3-1-2-7-4-5-9-13-12-6-14(9)10(7)8/h1-6H. The van der Waals surface area contributed by atoms with E-state index in [9.17, 15) is 4.39 Å². The minimum Gasteiger partial charge on any atom is -0.279 e. The van der Waals surface area contributed by atoms with Crippen LogP contribution < -0.4 is 0 Å². The minimum atomic E-state index is -0.257. The maximum atomic E-state index is 13.5.